The molecular formula is C20H32O5. The summed E-state index contributed by atoms with van der Waals surface area (Å²) < 4.78 is 0. The first-order chi connectivity index (χ1) is 12.2. The highest BCUT2D eigenvalue weighted by Crippen LogP contribution is 2.15. The second-order valence-electron chi connectivity index (χ2n) is 5.82. The van der Waals surface area contributed by atoms with E-state index in [4.69, 9.17) is 15.3 Å². The standard InChI is InChI=1S/C20H32O5/c1-2-3-13-16-19(24-25-23)17-14-11-9-7-5-4-6-8-10-12-15-18-20(21)22/h4-6,8,10,12,15,18-19,23H,2-3,7,9,11,13-14,16-17H2,1H3,(H,21,22). The zero-order chi connectivity index (χ0) is 18.6. The maximum atomic E-state index is 10.2. The van der Waals surface area contributed by atoms with Gasteiger partial charge in [-0.05, 0) is 25.7 Å². The van der Waals surface area contributed by atoms with Gasteiger partial charge in [0, 0.05) is 6.08 Å². The lowest BCUT2D eigenvalue weighted by Gasteiger charge is -2.13. The minimum Gasteiger partial charge on any atom is -0.478 e. The molecule has 0 aliphatic carbocycles. The van der Waals surface area contributed by atoms with Gasteiger partial charge in [-0.2, -0.15) is 0 Å². The Morgan fingerprint density at radius 2 is 1.56 bits per heavy atom. The molecule has 1 unspecified atom stereocenters. The summed E-state index contributed by atoms with van der Waals surface area (Å²) in [6.07, 6.45) is 23.5. The van der Waals surface area contributed by atoms with E-state index in [0.717, 1.165) is 51.0 Å². The van der Waals surface area contributed by atoms with Gasteiger partial charge >= 0.3 is 5.97 Å². The average Bonchev–Trinajstić information content (AvgIpc) is 2.58. The van der Waals surface area contributed by atoms with E-state index in [9.17, 15) is 4.79 Å². The van der Waals surface area contributed by atoms with Crippen LogP contribution in [-0.4, -0.2) is 22.4 Å². The maximum Gasteiger partial charge on any atom is 0.328 e. The van der Waals surface area contributed by atoms with Crippen molar-refractivity contribution in [1.29, 1.82) is 0 Å². The molecule has 1 atom stereocenters. The summed E-state index contributed by atoms with van der Waals surface area (Å²) in [5, 5.41) is 20.7. The van der Waals surface area contributed by atoms with Crippen LogP contribution in [0.3, 0.4) is 0 Å². The zero-order valence-electron chi connectivity index (χ0n) is 15.2. The molecule has 0 heterocycles. The van der Waals surface area contributed by atoms with Crippen LogP contribution in [0.5, 0.6) is 0 Å². The number of hydrogen-bond acceptors (Lipinski definition) is 4. The topological polar surface area (TPSA) is 76.0 Å². The highest BCUT2D eigenvalue weighted by atomic mass is 17.5. The summed E-state index contributed by atoms with van der Waals surface area (Å²) in [7, 11) is 0. The predicted molar refractivity (Wildman–Crippen MR) is 100 cm³/mol. The molecule has 0 bridgehead atoms. The fourth-order valence-electron chi connectivity index (χ4n) is 2.30. The summed E-state index contributed by atoms with van der Waals surface area (Å²) >= 11 is 0. The van der Waals surface area contributed by atoms with Gasteiger partial charge in [0.15, 0.2) is 0 Å². The van der Waals surface area contributed by atoms with E-state index in [2.05, 4.69) is 18.0 Å². The normalized spacial score (nSPS) is 13.7. The Morgan fingerprint density at radius 3 is 2.20 bits per heavy atom. The summed E-state index contributed by atoms with van der Waals surface area (Å²) in [6.45, 7) is 2.16. The Labute approximate surface area is 151 Å². The highest BCUT2D eigenvalue weighted by molar-refractivity contribution is 5.80. The minimum atomic E-state index is -0.948. The number of unbranched alkanes of at least 4 members (excludes halogenated alkanes) is 5. The Bertz CT molecular complexity index is 424. The van der Waals surface area contributed by atoms with Gasteiger partial charge in [-0.3, -0.25) is 0 Å². The molecule has 0 saturated carbocycles. The molecule has 0 spiro atoms. The van der Waals surface area contributed by atoms with Crippen LogP contribution >= 0.6 is 0 Å². The second-order valence-corrected chi connectivity index (χ2v) is 5.82. The van der Waals surface area contributed by atoms with Crippen molar-refractivity contribution in [2.45, 2.75) is 70.8 Å². The van der Waals surface area contributed by atoms with Gasteiger partial charge in [0.25, 0.3) is 0 Å². The van der Waals surface area contributed by atoms with Crippen molar-refractivity contribution in [3.05, 3.63) is 48.6 Å². The van der Waals surface area contributed by atoms with Gasteiger partial charge < -0.3 is 5.11 Å². The monoisotopic (exact) mass is 352 g/mol. The van der Waals surface area contributed by atoms with Gasteiger partial charge in [-0.25, -0.2) is 14.9 Å². The number of rotatable bonds is 16. The SMILES string of the molecule is CCCCCC(CCCCCC=CC=CC=CC=CC(=O)O)OOO. The number of aliphatic carboxylic acids is 1. The second kappa shape index (κ2) is 18.6. The molecule has 142 valence electrons. The van der Waals surface area contributed by atoms with Gasteiger partial charge in [-0.1, -0.05) is 86.6 Å². The molecule has 0 radical (unpaired) electrons. The third-order valence-corrected chi connectivity index (χ3v) is 3.64. The number of carbonyl (C=O) groups is 1. The maximum absolute atomic E-state index is 10.2. The van der Waals surface area contributed by atoms with Gasteiger partial charge in [0.2, 0.25) is 0 Å². The van der Waals surface area contributed by atoms with Crippen molar-refractivity contribution in [1.82, 2.24) is 0 Å². The van der Waals surface area contributed by atoms with E-state index in [1.807, 2.05) is 18.2 Å². The van der Waals surface area contributed by atoms with Crippen LogP contribution in [0.15, 0.2) is 48.6 Å². The number of carboxylic acid groups (broad SMARTS) is 1. The Morgan fingerprint density at radius 1 is 0.920 bits per heavy atom. The molecule has 0 rings (SSSR count). The number of hydrogen-bond donors (Lipinski definition) is 2. The lowest BCUT2D eigenvalue weighted by Crippen LogP contribution is -2.12. The molecule has 0 aliphatic heterocycles. The molecule has 0 aliphatic rings. The first-order valence-corrected chi connectivity index (χ1v) is 9.07. The van der Waals surface area contributed by atoms with Crippen LogP contribution in [0, 0.1) is 0 Å². The van der Waals surface area contributed by atoms with Crippen LogP contribution in [0.4, 0.5) is 0 Å². The van der Waals surface area contributed by atoms with Crippen molar-refractivity contribution >= 4 is 5.97 Å². The fourth-order valence-corrected chi connectivity index (χ4v) is 2.30. The van der Waals surface area contributed by atoms with Gasteiger partial charge in [0.1, 0.15) is 0 Å². The van der Waals surface area contributed by atoms with Crippen molar-refractivity contribution in [2.75, 3.05) is 0 Å². The van der Waals surface area contributed by atoms with Gasteiger partial charge in [0.05, 0.1) is 6.10 Å². The summed E-state index contributed by atoms with van der Waals surface area (Å²) in [4.78, 5) is 15.1. The van der Waals surface area contributed by atoms with E-state index < -0.39 is 5.97 Å². The zero-order valence-corrected chi connectivity index (χ0v) is 15.2. The largest absolute Gasteiger partial charge is 0.478 e. The van der Waals surface area contributed by atoms with Crippen molar-refractivity contribution in [3.63, 3.8) is 0 Å². The molecule has 2 N–H and O–H groups in total. The van der Waals surface area contributed by atoms with Crippen LogP contribution in [0.25, 0.3) is 0 Å². The fraction of sp³-hybridized carbons (Fsp3) is 0.550. The average molecular weight is 352 g/mol. The van der Waals surface area contributed by atoms with Crippen LogP contribution in [0.2, 0.25) is 0 Å². The Kier molecular flexibility index (Phi) is 17.4. The van der Waals surface area contributed by atoms with E-state index in [1.54, 1.807) is 12.2 Å². The molecule has 0 amide bonds. The highest BCUT2D eigenvalue weighted by Gasteiger charge is 2.09. The molecule has 0 aromatic carbocycles. The summed E-state index contributed by atoms with van der Waals surface area (Å²) in [5.74, 6) is -0.948. The van der Waals surface area contributed by atoms with E-state index in [1.165, 1.54) is 18.9 Å². The Hall–Kier alpha value is -1.69. The van der Waals surface area contributed by atoms with Gasteiger partial charge in [-0.15, -0.1) is 0 Å². The third-order valence-electron chi connectivity index (χ3n) is 3.64. The van der Waals surface area contributed by atoms with E-state index in [0.29, 0.717) is 0 Å². The molecule has 5 heteroatoms. The predicted octanol–water partition coefficient (Wildman–Crippen LogP) is 5.62. The summed E-state index contributed by atoms with van der Waals surface area (Å²) in [6, 6.07) is 0. The minimum absolute atomic E-state index is 0.0167. The van der Waals surface area contributed by atoms with Crippen molar-refractivity contribution < 1.29 is 25.1 Å². The van der Waals surface area contributed by atoms with Crippen LogP contribution in [0.1, 0.15) is 64.7 Å². The Balaban J connectivity index is 3.67. The molecule has 0 aromatic rings. The van der Waals surface area contributed by atoms with Crippen LogP contribution < -0.4 is 0 Å². The van der Waals surface area contributed by atoms with Crippen molar-refractivity contribution in [3.8, 4) is 0 Å². The molecule has 0 saturated heterocycles. The first-order valence-electron chi connectivity index (χ1n) is 9.07. The molecule has 0 aromatic heterocycles. The van der Waals surface area contributed by atoms with E-state index >= 15 is 0 Å². The molecular weight excluding hydrogens is 320 g/mol. The molecule has 5 nitrogen and oxygen atoms in total. The molecule has 25 heavy (non-hydrogen) atoms. The number of carboxylic acids is 1. The lowest BCUT2D eigenvalue weighted by atomic mass is 10.0. The van der Waals surface area contributed by atoms with Crippen molar-refractivity contribution in [2.24, 2.45) is 0 Å². The number of allylic oxidation sites excluding steroid dienone is 7. The smallest absolute Gasteiger partial charge is 0.328 e. The lowest BCUT2D eigenvalue weighted by molar-refractivity contribution is -0.507. The van der Waals surface area contributed by atoms with E-state index in [-0.39, 0.29) is 6.10 Å². The molecule has 0 fully saturated rings. The first kappa shape index (κ1) is 23.3. The van der Waals surface area contributed by atoms with Crippen LogP contribution in [-0.2, 0) is 14.7 Å². The quantitative estimate of drug-likeness (QED) is 0.124. The summed E-state index contributed by atoms with van der Waals surface area (Å²) in [5.41, 5.74) is 0. The third kappa shape index (κ3) is 18.5.